The molecule has 3 aromatic heterocycles. The Kier molecular flexibility index (Phi) is 6.93. The van der Waals surface area contributed by atoms with Crippen molar-refractivity contribution in [3.63, 3.8) is 0 Å². The Morgan fingerprint density at radius 1 is 0.451 bits per heavy atom. The first-order valence-electron chi connectivity index (χ1n) is 16.9. The summed E-state index contributed by atoms with van der Waals surface area (Å²) in [6.07, 6.45) is 0. The number of aromatic nitrogens is 3. The van der Waals surface area contributed by atoms with Crippen LogP contribution in [0.4, 0.5) is 17.1 Å². The van der Waals surface area contributed by atoms with Crippen LogP contribution in [0.15, 0.2) is 174 Å². The van der Waals surface area contributed by atoms with E-state index in [0.717, 1.165) is 55.7 Å². The number of furan rings is 1. The van der Waals surface area contributed by atoms with Gasteiger partial charge in [-0.15, -0.1) is 11.3 Å². The van der Waals surface area contributed by atoms with Gasteiger partial charge in [0.1, 0.15) is 11.2 Å². The number of benzene rings is 7. The largest absolute Gasteiger partial charge is 0.456 e. The van der Waals surface area contributed by atoms with Gasteiger partial charge in [-0.1, -0.05) is 127 Å². The van der Waals surface area contributed by atoms with Crippen LogP contribution in [0.2, 0.25) is 0 Å². The van der Waals surface area contributed by atoms with Crippen LogP contribution in [-0.2, 0) is 0 Å². The van der Waals surface area contributed by atoms with Gasteiger partial charge in [-0.05, 0) is 36.4 Å². The van der Waals surface area contributed by atoms with Crippen LogP contribution in [0.3, 0.4) is 0 Å². The van der Waals surface area contributed by atoms with Crippen LogP contribution in [0, 0.1) is 0 Å². The summed E-state index contributed by atoms with van der Waals surface area (Å²) in [7, 11) is 0. The molecule has 0 aliphatic carbocycles. The predicted molar refractivity (Wildman–Crippen MR) is 211 cm³/mol. The lowest BCUT2D eigenvalue weighted by molar-refractivity contribution is 0.669. The van der Waals surface area contributed by atoms with Crippen LogP contribution in [-0.4, -0.2) is 15.0 Å². The minimum atomic E-state index is 0.578. The highest BCUT2D eigenvalue weighted by molar-refractivity contribution is 7.26. The summed E-state index contributed by atoms with van der Waals surface area (Å²) in [5, 5.41) is 4.46. The van der Waals surface area contributed by atoms with Gasteiger partial charge in [0.25, 0.3) is 0 Å². The molecule has 0 radical (unpaired) electrons. The Hall–Kier alpha value is -6.63. The van der Waals surface area contributed by atoms with E-state index < -0.39 is 0 Å². The summed E-state index contributed by atoms with van der Waals surface area (Å²) in [5.41, 5.74) is 7.35. The zero-order valence-electron chi connectivity index (χ0n) is 27.3. The van der Waals surface area contributed by atoms with Crippen molar-refractivity contribution < 1.29 is 4.42 Å². The lowest BCUT2D eigenvalue weighted by Gasteiger charge is -2.26. The number of anilines is 3. The molecule has 0 bridgehead atoms. The van der Waals surface area contributed by atoms with Crippen LogP contribution < -0.4 is 4.90 Å². The first-order valence-corrected chi connectivity index (χ1v) is 17.7. The average molecular weight is 673 g/mol. The van der Waals surface area contributed by atoms with Gasteiger partial charge in [-0.3, -0.25) is 0 Å². The van der Waals surface area contributed by atoms with E-state index in [1.54, 1.807) is 0 Å². The van der Waals surface area contributed by atoms with Gasteiger partial charge in [0, 0.05) is 54.7 Å². The number of hydrogen-bond acceptors (Lipinski definition) is 6. The average Bonchev–Trinajstić information content (AvgIpc) is 3.78. The first kappa shape index (κ1) is 29.3. The summed E-state index contributed by atoms with van der Waals surface area (Å²) >= 11 is 1.82. The summed E-state index contributed by atoms with van der Waals surface area (Å²) in [6, 6.07) is 58.5. The molecule has 10 aromatic rings. The fraction of sp³-hybridized carbons (Fsp3) is 0. The smallest absolute Gasteiger partial charge is 0.164 e. The van der Waals surface area contributed by atoms with Crippen molar-refractivity contribution in [3.8, 4) is 34.2 Å². The third-order valence-electron chi connectivity index (χ3n) is 9.30. The maximum absolute atomic E-state index is 6.65. The van der Waals surface area contributed by atoms with Gasteiger partial charge in [0.2, 0.25) is 0 Å². The quantitative estimate of drug-likeness (QED) is 0.176. The van der Waals surface area contributed by atoms with E-state index in [4.69, 9.17) is 19.4 Å². The molecule has 3 heterocycles. The molecule has 0 saturated carbocycles. The molecule has 5 nitrogen and oxygen atoms in total. The van der Waals surface area contributed by atoms with E-state index >= 15 is 0 Å². The number of fused-ring (bicyclic) bond motifs is 6. The van der Waals surface area contributed by atoms with Gasteiger partial charge in [-0.25, -0.2) is 15.0 Å². The highest BCUT2D eigenvalue weighted by atomic mass is 32.1. The van der Waals surface area contributed by atoms with Gasteiger partial charge in [-0.2, -0.15) is 0 Å². The zero-order chi connectivity index (χ0) is 33.7. The molecular weight excluding hydrogens is 645 g/mol. The first-order chi connectivity index (χ1) is 25.3. The lowest BCUT2D eigenvalue weighted by atomic mass is 10.0. The van der Waals surface area contributed by atoms with Gasteiger partial charge in [0.15, 0.2) is 17.5 Å². The molecule has 0 atom stereocenters. The van der Waals surface area contributed by atoms with E-state index in [-0.39, 0.29) is 0 Å². The van der Waals surface area contributed by atoms with Crippen molar-refractivity contribution in [1.82, 2.24) is 15.0 Å². The highest BCUT2D eigenvalue weighted by Crippen LogP contribution is 2.47. The molecule has 7 aromatic carbocycles. The van der Waals surface area contributed by atoms with Crippen molar-refractivity contribution in [2.75, 3.05) is 4.90 Å². The number of para-hydroxylation sites is 2. The summed E-state index contributed by atoms with van der Waals surface area (Å²) < 4.78 is 9.12. The van der Waals surface area contributed by atoms with E-state index in [1.165, 1.54) is 20.2 Å². The summed E-state index contributed by atoms with van der Waals surface area (Å²) in [6.45, 7) is 0. The minimum Gasteiger partial charge on any atom is -0.456 e. The second kappa shape index (κ2) is 12.1. The Morgan fingerprint density at radius 3 is 1.76 bits per heavy atom. The van der Waals surface area contributed by atoms with Crippen molar-refractivity contribution in [3.05, 3.63) is 170 Å². The standard InChI is InChI=1S/C45H28N4OS/c1-4-15-29(16-5-1)43-46-44(30-17-6-2-7-18-30)48-45(47-43)36-27-32(28-39-41(36)35-22-10-12-25-38(35)50-39)49(31-19-8-3-9-20-31)37-24-14-23-34-33-21-11-13-26-40(33)51-42(34)37/h1-28H. The van der Waals surface area contributed by atoms with Gasteiger partial charge >= 0.3 is 0 Å². The molecule has 10 rings (SSSR count). The van der Waals surface area contributed by atoms with E-state index in [1.807, 2.05) is 90.2 Å². The van der Waals surface area contributed by atoms with Gasteiger partial charge < -0.3 is 9.32 Å². The molecule has 0 fully saturated rings. The topological polar surface area (TPSA) is 55.1 Å². The van der Waals surface area contributed by atoms with E-state index in [9.17, 15) is 0 Å². The molecule has 0 amide bonds. The molecule has 240 valence electrons. The number of thiophene rings is 1. The monoisotopic (exact) mass is 672 g/mol. The maximum Gasteiger partial charge on any atom is 0.164 e. The molecular formula is C45H28N4OS. The molecule has 0 saturated heterocycles. The third-order valence-corrected chi connectivity index (χ3v) is 10.5. The second-order valence-corrected chi connectivity index (χ2v) is 13.5. The van der Waals surface area contributed by atoms with Crippen molar-refractivity contribution in [2.45, 2.75) is 0 Å². The normalized spacial score (nSPS) is 11.5. The molecule has 0 N–H and O–H groups in total. The Morgan fingerprint density at radius 2 is 1.04 bits per heavy atom. The Bertz CT molecular complexity index is 2810. The maximum atomic E-state index is 6.65. The second-order valence-electron chi connectivity index (χ2n) is 12.4. The SMILES string of the molecule is c1ccc(-c2nc(-c3ccccc3)nc(-c3cc(N(c4ccccc4)c4cccc5c4sc4ccccc45)cc4oc5ccccc5c34)n2)cc1. The van der Waals surface area contributed by atoms with E-state index in [2.05, 4.69) is 95.9 Å². The van der Waals surface area contributed by atoms with Crippen molar-refractivity contribution in [2.24, 2.45) is 0 Å². The summed E-state index contributed by atoms with van der Waals surface area (Å²) in [5.74, 6) is 1.80. The molecule has 6 heteroatoms. The van der Waals surface area contributed by atoms with E-state index in [0.29, 0.717) is 17.5 Å². The van der Waals surface area contributed by atoms with Gasteiger partial charge in [0.05, 0.1) is 16.1 Å². The minimum absolute atomic E-state index is 0.578. The molecule has 0 aliphatic rings. The number of hydrogen-bond donors (Lipinski definition) is 0. The van der Waals surface area contributed by atoms with Crippen LogP contribution >= 0.6 is 11.3 Å². The predicted octanol–water partition coefficient (Wildman–Crippen LogP) is 12.6. The number of nitrogens with zero attached hydrogens (tertiary/aromatic N) is 4. The molecule has 0 spiro atoms. The fourth-order valence-corrected chi connectivity index (χ4v) is 8.19. The van der Waals surface area contributed by atoms with Crippen LogP contribution in [0.1, 0.15) is 0 Å². The van der Waals surface area contributed by atoms with Crippen LogP contribution in [0.5, 0.6) is 0 Å². The Labute approximate surface area is 297 Å². The van der Waals surface area contributed by atoms with Crippen molar-refractivity contribution >= 4 is 70.5 Å². The lowest BCUT2D eigenvalue weighted by Crippen LogP contribution is -2.10. The highest BCUT2D eigenvalue weighted by Gasteiger charge is 2.24. The molecule has 0 unspecified atom stereocenters. The van der Waals surface area contributed by atoms with Crippen LogP contribution in [0.25, 0.3) is 76.3 Å². The van der Waals surface area contributed by atoms with Crippen molar-refractivity contribution in [1.29, 1.82) is 0 Å². The third kappa shape index (κ3) is 5.04. The molecule has 51 heavy (non-hydrogen) atoms. The fourth-order valence-electron chi connectivity index (χ4n) is 6.99. The zero-order valence-corrected chi connectivity index (χ0v) is 28.1. The molecule has 0 aliphatic heterocycles. The summed E-state index contributed by atoms with van der Waals surface area (Å²) in [4.78, 5) is 17.7. The Balaban J connectivity index is 1.29. The number of rotatable bonds is 6.